The van der Waals surface area contributed by atoms with Crippen LogP contribution in [0.4, 0.5) is 0 Å². The van der Waals surface area contributed by atoms with Crippen LogP contribution in [0.1, 0.15) is 18.4 Å². The summed E-state index contributed by atoms with van der Waals surface area (Å²) in [7, 11) is 0. The standard InChI is InChI=1S/C12H15Cl2NS/c13-11-4-1-5-12(14)10(11)7-15-9-3-2-6-16-8-9/h1,4-5,9,15H,2-3,6-8H2. The number of benzene rings is 1. The summed E-state index contributed by atoms with van der Waals surface area (Å²) in [4.78, 5) is 0. The fourth-order valence-electron chi connectivity index (χ4n) is 1.85. The molecule has 1 nitrogen and oxygen atoms in total. The molecule has 16 heavy (non-hydrogen) atoms. The summed E-state index contributed by atoms with van der Waals surface area (Å²) in [6, 6.07) is 6.26. The summed E-state index contributed by atoms with van der Waals surface area (Å²) in [5.74, 6) is 2.49. The number of hydrogen-bond donors (Lipinski definition) is 1. The molecule has 1 aromatic carbocycles. The first-order chi connectivity index (χ1) is 7.77. The van der Waals surface area contributed by atoms with Gasteiger partial charge in [0.25, 0.3) is 0 Å². The lowest BCUT2D eigenvalue weighted by Crippen LogP contribution is -2.33. The molecule has 0 aromatic heterocycles. The highest BCUT2D eigenvalue weighted by Crippen LogP contribution is 2.25. The summed E-state index contributed by atoms with van der Waals surface area (Å²) in [6.07, 6.45) is 2.56. The van der Waals surface area contributed by atoms with Crippen LogP contribution in [-0.4, -0.2) is 17.5 Å². The van der Waals surface area contributed by atoms with Gasteiger partial charge in [-0.15, -0.1) is 0 Å². The summed E-state index contributed by atoms with van der Waals surface area (Å²) >= 11 is 14.3. The zero-order chi connectivity index (χ0) is 11.4. The Kier molecular flexibility index (Phi) is 4.83. The van der Waals surface area contributed by atoms with Gasteiger partial charge in [-0.3, -0.25) is 0 Å². The average Bonchev–Trinajstić information content (AvgIpc) is 2.30. The van der Waals surface area contributed by atoms with E-state index in [0.717, 1.165) is 22.2 Å². The molecule has 0 amide bonds. The van der Waals surface area contributed by atoms with Crippen LogP contribution in [0.2, 0.25) is 10.0 Å². The number of halogens is 2. The lowest BCUT2D eigenvalue weighted by Gasteiger charge is -2.23. The van der Waals surface area contributed by atoms with E-state index in [2.05, 4.69) is 5.32 Å². The Balaban J connectivity index is 1.93. The largest absolute Gasteiger partial charge is 0.309 e. The van der Waals surface area contributed by atoms with Gasteiger partial charge in [0.2, 0.25) is 0 Å². The van der Waals surface area contributed by atoms with E-state index in [0.29, 0.717) is 6.04 Å². The van der Waals surface area contributed by atoms with Crippen molar-refractivity contribution in [1.29, 1.82) is 0 Å². The van der Waals surface area contributed by atoms with Crippen molar-refractivity contribution in [2.24, 2.45) is 0 Å². The van der Waals surface area contributed by atoms with E-state index in [9.17, 15) is 0 Å². The van der Waals surface area contributed by atoms with Gasteiger partial charge >= 0.3 is 0 Å². The Bertz CT molecular complexity index is 331. The molecule has 1 atom stereocenters. The Morgan fingerprint density at radius 3 is 2.69 bits per heavy atom. The molecule has 0 radical (unpaired) electrons. The first-order valence-electron chi connectivity index (χ1n) is 5.51. The Morgan fingerprint density at radius 1 is 1.31 bits per heavy atom. The Labute approximate surface area is 111 Å². The smallest absolute Gasteiger partial charge is 0.0465 e. The molecule has 0 saturated carbocycles. The van der Waals surface area contributed by atoms with Crippen LogP contribution in [0.3, 0.4) is 0 Å². The molecular weight excluding hydrogens is 261 g/mol. The van der Waals surface area contributed by atoms with Crippen molar-refractivity contribution in [2.75, 3.05) is 11.5 Å². The zero-order valence-corrected chi connectivity index (χ0v) is 11.3. The SMILES string of the molecule is Clc1cccc(Cl)c1CNC1CCCSC1. The minimum Gasteiger partial charge on any atom is -0.309 e. The molecule has 1 aliphatic heterocycles. The Morgan fingerprint density at radius 2 is 2.06 bits per heavy atom. The van der Waals surface area contributed by atoms with E-state index in [1.54, 1.807) is 0 Å². The van der Waals surface area contributed by atoms with Gasteiger partial charge in [0.15, 0.2) is 0 Å². The molecule has 1 fully saturated rings. The second kappa shape index (κ2) is 6.15. The summed E-state index contributed by atoms with van der Waals surface area (Å²) in [6.45, 7) is 0.768. The Hall–Kier alpha value is 0.110. The van der Waals surface area contributed by atoms with Gasteiger partial charge in [0.05, 0.1) is 0 Å². The fourth-order valence-corrected chi connectivity index (χ4v) is 3.49. The molecule has 0 spiro atoms. The third-order valence-corrected chi connectivity index (χ3v) is 4.71. The average molecular weight is 276 g/mol. The number of nitrogens with one attached hydrogen (secondary N) is 1. The van der Waals surface area contributed by atoms with E-state index in [1.165, 1.54) is 24.3 Å². The van der Waals surface area contributed by atoms with E-state index in [4.69, 9.17) is 23.2 Å². The van der Waals surface area contributed by atoms with Crippen LogP contribution in [0, 0.1) is 0 Å². The maximum absolute atomic E-state index is 6.12. The molecule has 0 aliphatic carbocycles. The molecule has 1 saturated heterocycles. The highest BCUT2D eigenvalue weighted by molar-refractivity contribution is 7.99. The molecule has 1 N–H and O–H groups in total. The molecule has 1 aromatic rings. The summed E-state index contributed by atoms with van der Waals surface area (Å²) in [5.41, 5.74) is 1.02. The van der Waals surface area contributed by atoms with Crippen molar-refractivity contribution < 1.29 is 0 Å². The highest BCUT2D eigenvalue weighted by Gasteiger charge is 2.14. The van der Waals surface area contributed by atoms with Crippen molar-refractivity contribution in [2.45, 2.75) is 25.4 Å². The molecule has 2 rings (SSSR count). The molecule has 88 valence electrons. The quantitative estimate of drug-likeness (QED) is 0.896. The van der Waals surface area contributed by atoms with Crippen LogP contribution >= 0.6 is 35.0 Å². The van der Waals surface area contributed by atoms with Crippen LogP contribution < -0.4 is 5.32 Å². The van der Waals surface area contributed by atoms with E-state index < -0.39 is 0 Å². The lowest BCUT2D eigenvalue weighted by atomic mass is 10.1. The van der Waals surface area contributed by atoms with Gasteiger partial charge in [-0.1, -0.05) is 29.3 Å². The van der Waals surface area contributed by atoms with Crippen molar-refractivity contribution >= 4 is 35.0 Å². The first kappa shape index (κ1) is 12.6. The van der Waals surface area contributed by atoms with Crippen LogP contribution in [-0.2, 0) is 6.54 Å². The lowest BCUT2D eigenvalue weighted by molar-refractivity contribution is 0.508. The van der Waals surface area contributed by atoms with Crippen LogP contribution in [0.5, 0.6) is 0 Å². The first-order valence-corrected chi connectivity index (χ1v) is 7.42. The summed E-state index contributed by atoms with van der Waals surface area (Å²) in [5, 5.41) is 5.04. The summed E-state index contributed by atoms with van der Waals surface area (Å²) < 4.78 is 0. The molecule has 1 heterocycles. The number of thioether (sulfide) groups is 1. The van der Waals surface area contributed by atoms with Crippen molar-refractivity contribution in [3.8, 4) is 0 Å². The molecular formula is C12H15Cl2NS. The number of rotatable bonds is 3. The molecule has 1 aliphatic rings. The van der Waals surface area contributed by atoms with Gasteiger partial charge in [0.1, 0.15) is 0 Å². The van der Waals surface area contributed by atoms with Crippen molar-refractivity contribution in [3.05, 3.63) is 33.8 Å². The normalized spacial score (nSPS) is 21.0. The predicted octanol–water partition coefficient (Wildman–Crippen LogP) is 3.98. The topological polar surface area (TPSA) is 12.0 Å². The van der Waals surface area contributed by atoms with Gasteiger partial charge in [0, 0.05) is 33.9 Å². The third kappa shape index (κ3) is 3.30. The van der Waals surface area contributed by atoms with Gasteiger partial charge in [-0.2, -0.15) is 11.8 Å². The van der Waals surface area contributed by atoms with E-state index >= 15 is 0 Å². The van der Waals surface area contributed by atoms with Gasteiger partial charge in [-0.25, -0.2) is 0 Å². The van der Waals surface area contributed by atoms with Crippen molar-refractivity contribution in [1.82, 2.24) is 5.32 Å². The fraction of sp³-hybridized carbons (Fsp3) is 0.500. The highest BCUT2D eigenvalue weighted by atomic mass is 35.5. The molecule has 0 bridgehead atoms. The monoisotopic (exact) mass is 275 g/mol. The molecule has 4 heteroatoms. The predicted molar refractivity (Wildman–Crippen MR) is 73.6 cm³/mol. The zero-order valence-electron chi connectivity index (χ0n) is 9.01. The number of hydrogen-bond acceptors (Lipinski definition) is 2. The van der Waals surface area contributed by atoms with Crippen LogP contribution in [0.25, 0.3) is 0 Å². The van der Waals surface area contributed by atoms with Gasteiger partial charge in [-0.05, 0) is 30.7 Å². The maximum Gasteiger partial charge on any atom is 0.0465 e. The molecule has 1 unspecified atom stereocenters. The minimum absolute atomic E-state index is 0.603. The van der Waals surface area contributed by atoms with Crippen molar-refractivity contribution in [3.63, 3.8) is 0 Å². The van der Waals surface area contributed by atoms with E-state index in [1.807, 2.05) is 30.0 Å². The maximum atomic E-state index is 6.12. The second-order valence-electron chi connectivity index (χ2n) is 4.00. The minimum atomic E-state index is 0.603. The van der Waals surface area contributed by atoms with Crippen LogP contribution in [0.15, 0.2) is 18.2 Å². The second-order valence-corrected chi connectivity index (χ2v) is 5.96. The van der Waals surface area contributed by atoms with Gasteiger partial charge < -0.3 is 5.32 Å². The van der Waals surface area contributed by atoms with E-state index in [-0.39, 0.29) is 0 Å². The third-order valence-electron chi connectivity index (χ3n) is 2.79.